The van der Waals surface area contributed by atoms with E-state index in [1.807, 2.05) is 0 Å². The number of Topliss-reactive ketones (excluding diaryl/α,β-unsaturated/α-hetero) is 1. The summed E-state index contributed by atoms with van der Waals surface area (Å²) in [7, 11) is 0. The Hall–Kier alpha value is -1.65. The molecule has 2 rings (SSSR count). The van der Waals surface area contributed by atoms with Crippen molar-refractivity contribution in [3.8, 4) is 0 Å². The number of amides is 1. The molecule has 0 bridgehead atoms. The maximum Gasteiger partial charge on any atom is 0.251 e. The summed E-state index contributed by atoms with van der Waals surface area (Å²) in [5, 5.41) is 4.02. The lowest BCUT2D eigenvalue weighted by molar-refractivity contribution is -0.117. The Labute approximate surface area is 80.9 Å². The summed E-state index contributed by atoms with van der Waals surface area (Å²) < 4.78 is 1.66. The molecule has 1 aromatic rings. The molecular formula is C9H11N3O2. The van der Waals surface area contributed by atoms with Gasteiger partial charge in [0.15, 0.2) is 0 Å². The van der Waals surface area contributed by atoms with Crippen LogP contribution in [0.15, 0.2) is 12.4 Å². The van der Waals surface area contributed by atoms with E-state index in [0.717, 1.165) is 6.42 Å². The number of nitrogens with zero attached hydrogens (tertiary/aromatic N) is 2. The van der Waals surface area contributed by atoms with E-state index < -0.39 is 5.91 Å². The highest BCUT2D eigenvalue weighted by atomic mass is 16.1. The highest BCUT2D eigenvalue weighted by molar-refractivity contribution is 5.92. The van der Waals surface area contributed by atoms with Crippen molar-refractivity contribution in [2.24, 2.45) is 5.73 Å². The molecule has 0 radical (unpaired) electrons. The summed E-state index contributed by atoms with van der Waals surface area (Å²) in [5.74, 6) is -0.230. The Kier molecular flexibility index (Phi) is 2.07. The number of carbonyl (C=O) groups is 2. The third-order valence-electron chi connectivity index (χ3n) is 2.48. The SMILES string of the molecule is NC(=O)c1cnn(C2CCC(=O)C2)c1. The second kappa shape index (κ2) is 3.25. The van der Waals surface area contributed by atoms with Gasteiger partial charge in [-0.3, -0.25) is 14.3 Å². The van der Waals surface area contributed by atoms with Gasteiger partial charge in [0.25, 0.3) is 5.91 Å². The average Bonchev–Trinajstić information content (AvgIpc) is 2.70. The molecular weight excluding hydrogens is 182 g/mol. The molecule has 5 heteroatoms. The van der Waals surface area contributed by atoms with Crippen molar-refractivity contribution in [2.75, 3.05) is 0 Å². The van der Waals surface area contributed by atoms with E-state index in [1.165, 1.54) is 6.20 Å². The molecule has 0 spiro atoms. The number of nitrogens with two attached hydrogens (primary N) is 1. The number of primary amides is 1. The summed E-state index contributed by atoms with van der Waals surface area (Å²) in [6.07, 6.45) is 4.96. The fourth-order valence-electron chi connectivity index (χ4n) is 1.69. The van der Waals surface area contributed by atoms with Gasteiger partial charge in [-0.1, -0.05) is 0 Å². The van der Waals surface area contributed by atoms with Crippen LogP contribution in [0.25, 0.3) is 0 Å². The first-order valence-corrected chi connectivity index (χ1v) is 4.52. The van der Waals surface area contributed by atoms with Crippen LogP contribution in [0.5, 0.6) is 0 Å². The van der Waals surface area contributed by atoms with Crippen LogP contribution in [0.2, 0.25) is 0 Å². The fourth-order valence-corrected chi connectivity index (χ4v) is 1.69. The summed E-state index contributed by atoms with van der Waals surface area (Å²) in [6.45, 7) is 0. The number of ketones is 1. The van der Waals surface area contributed by atoms with Crippen molar-refractivity contribution < 1.29 is 9.59 Å². The molecule has 74 valence electrons. The molecule has 1 unspecified atom stereocenters. The number of aromatic nitrogens is 2. The van der Waals surface area contributed by atoms with Crippen molar-refractivity contribution in [3.63, 3.8) is 0 Å². The number of hydrogen-bond donors (Lipinski definition) is 1. The molecule has 1 atom stereocenters. The predicted molar refractivity (Wildman–Crippen MR) is 48.6 cm³/mol. The first-order valence-electron chi connectivity index (χ1n) is 4.52. The Morgan fingerprint density at radius 3 is 2.93 bits per heavy atom. The fraction of sp³-hybridized carbons (Fsp3) is 0.444. The Morgan fingerprint density at radius 2 is 2.43 bits per heavy atom. The van der Waals surface area contributed by atoms with Gasteiger partial charge in [0, 0.05) is 19.0 Å². The molecule has 5 nitrogen and oxygen atoms in total. The molecule has 1 aromatic heterocycles. The van der Waals surface area contributed by atoms with Crippen LogP contribution in [0.1, 0.15) is 35.7 Å². The predicted octanol–water partition coefficient (Wildman–Crippen LogP) is 0.276. The zero-order valence-electron chi connectivity index (χ0n) is 7.64. The third-order valence-corrected chi connectivity index (χ3v) is 2.48. The van der Waals surface area contributed by atoms with Gasteiger partial charge in [-0.25, -0.2) is 0 Å². The standard InChI is InChI=1S/C9H11N3O2/c10-9(14)6-4-11-12(5-6)7-1-2-8(13)3-7/h4-5,7H,1-3H2,(H2,10,14). The van der Waals surface area contributed by atoms with Crippen molar-refractivity contribution in [1.82, 2.24) is 9.78 Å². The van der Waals surface area contributed by atoms with Crippen molar-refractivity contribution in [2.45, 2.75) is 25.3 Å². The normalized spacial score (nSPS) is 21.4. The van der Waals surface area contributed by atoms with Crippen LogP contribution in [0.4, 0.5) is 0 Å². The molecule has 0 saturated heterocycles. The van der Waals surface area contributed by atoms with Crippen molar-refractivity contribution in [1.29, 1.82) is 0 Å². The lowest BCUT2D eigenvalue weighted by Crippen LogP contribution is -2.10. The third kappa shape index (κ3) is 1.53. The minimum Gasteiger partial charge on any atom is -0.366 e. The number of carbonyl (C=O) groups excluding carboxylic acids is 2. The van der Waals surface area contributed by atoms with E-state index in [2.05, 4.69) is 5.10 Å². The molecule has 14 heavy (non-hydrogen) atoms. The molecule has 1 aliphatic carbocycles. The number of hydrogen-bond acceptors (Lipinski definition) is 3. The Bertz CT molecular complexity index is 383. The highest BCUT2D eigenvalue weighted by Crippen LogP contribution is 2.26. The molecule has 1 amide bonds. The first-order chi connectivity index (χ1) is 6.66. The Balaban J connectivity index is 2.17. The van der Waals surface area contributed by atoms with E-state index in [1.54, 1.807) is 10.9 Å². The van der Waals surface area contributed by atoms with E-state index in [9.17, 15) is 9.59 Å². The van der Waals surface area contributed by atoms with Gasteiger partial charge >= 0.3 is 0 Å². The zero-order valence-corrected chi connectivity index (χ0v) is 7.64. The van der Waals surface area contributed by atoms with Crippen molar-refractivity contribution in [3.05, 3.63) is 18.0 Å². The van der Waals surface area contributed by atoms with E-state index in [-0.39, 0.29) is 11.8 Å². The zero-order chi connectivity index (χ0) is 10.1. The van der Waals surface area contributed by atoms with Crippen molar-refractivity contribution >= 4 is 11.7 Å². The van der Waals surface area contributed by atoms with Crippen LogP contribution in [-0.4, -0.2) is 21.5 Å². The van der Waals surface area contributed by atoms with E-state index >= 15 is 0 Å². The molecule has 2 N–H and O–H groups in total. The maximum atomic E-state index is 11.0. The van der Waals surface area contributed by atoms with Gasteiger partial charge in [-0.15, -0.1) is 0 Å². The quantitative estimate of drug-likeness (QED) is 0.732. The molecule has 1 aliphatic rings. The van der Waals surface area contributed by atoms with Gasteiger partial charge in [0.2, 0.25) is 0 Å². The van der Waals surface area contributed by atoms with Crippen LogP contribution in [0.3, 0.4) is 0 Å². The molecule has 1 fully saturated rings. The van der Waals surface area contributed by atoms with Crippen LogP contribution >= 0.6 is 0 Å². The van der Waals surface area contributed by atoms with Gasteiger partial charge in [0.05, 0.1) is 17.8 Å². The minimum atomic E-state index is -0.486. The van der Waals surface area contributed by atoms with Crippen LogP contribution < -0.4 is 5.73 Å². The summed E-state index contributed by atoms with van der Waals surface area (Å²) in [5.41, 5.74) is 5.49. The van der Waals surface area contributed by atoms with Gasteiger partial charge in [-0.2, -0.15) is 5.10 Å². The van der Waals surface area contributed by atoms with Crippen LogP contribution in [0, 0.1) is 0 Å². The van der Waals surface area contributed by atoms with E-state index in [4.69, 9.17) is 5.73 Å². The lowest BCUT2D eigenvalue weighted by atomic mass is 10.2. The number of rotatable bonds is 2. The molecule has 1 heterocycles. The average molecular weight is 193 g/mol. The minimum absolute atomic E-state index is 0.107. The molecule has 0 aliphatic heterocycles. The summed E-state index contributed by atoms with van der Waals surface area (Å²) in [6, 6.07) is 0.107. The smallest absolute Gasteiger partial charge is 0.251 e. The topological polar surface area (TPSA) is 78.0 Å². The first kappa shape index (κ1) is 8.93. The van der Waals surface area contributed by atoms with Gasteiger partial charge < -0.3 is 5.73 Å². The maximum absolute atomic E-state index is 11.0. The Morgan fingerprint density at radius 1 is 1.64 bits per heavy atom. The summed E-state index contributed by atoms with van der Waals surface area (Å²) >= 11 is 0. The van der Waals surface area contributed by atoms with Crippen LogP contribution in [-0.2, 0) is 4.79 Å². The van der Waals surface area contributed by atoms with Gasteiger partial charge in [-0.05, 0) is 6.42 Å². The second-order valence-electron chi connectivity index (χ2n) is 3.51. The van der Waals surface area contributed by atoms with Gasteiger partial charge in [0.1, 0.15) is 5.78 Å². The lowest BCUT2D eigenvalue weighted by Gasteiger charge is -2.07. The highest BCUT2D eigenvalue weighted by Gasteiger charge is 2.24. The monoisotopic (exact) mass is 193 g/mol. The molecule has 0 aromatic carbocycles. The second-order valence-corrected chi connectivity index (χ2v) is 3.51. The molecule has 1 saturated carbocycles. The van der Waals surface area contributed by atoms with E-state index in [0.29, 0.717) is 18.4 Å². The summed E-state index contributed by atoms with van der Waals surface area (Å²) in [4.78, 5) is 21.8. The largest absolute Gasteiger partial charge is 0.366 e.